The Balaban J connectivity index is 0.00000144. The van der Waals surface area contributed by atoms with E-state index in [1.807, 2.05) is 4.68 Å². The fourth-order valence-electron chi connectivity index (χ4n) is 1.39. The molecule has 1 unspecified atom stereocenters. The Hall–Kier alpha value is -0.430. The molecule has 0 aliphatic heterocycles. The van der Waals surface area contributed by atoms with Crippen LogP contribution in [-0.4, -0.2) is 20.8 Å². The Morgan fingerprint density at radius 2 is 2.41 bits per heavy atom. The molecule has 0 radical (unpaired) electrons. The molecule has 0 aliphatic rings. The predicted octanol–water partition coefficient (Wildman–Crippen LogP) is 2.70. The molecule has 7 heteroatoms. The molecule has 94 valence electrons. The number of thiophene rings is 1. The van der Waals surface area contributed by atoms with E-state index in [1.165, 1.54) is 4.88 Å². The Morgan fingerprint density at radius 3 is 3.00 bits per heavy atom. The lowest BCUT2D eigenvalue weighted by atomic mass is 10.3. The number of nitrogens with one attached hydrogen (secondary N) is 1. The maximum atomic E-state index is 4.08. The van der Waals surface area contributed by atoms with Crippen LogP contribution in [0.4, 0.5) is 0 Å². The Kier molecular flexibility index (Phi) is 6.11. The van der Waals surface area contributed by atoms with E-state index in [1.54, 1.807) is 24.0 Å². The summed E-state index contributed by atoms with van der Waals surface area (Å²) >= 11 is 5.20. The van der Waals surface area contributed by atoms with E-state index in [4.69, 9.17) is 0 Å². The van der Waals surface area contributed by atoms with Crippen LogP contribution in [0.3, 0.4) is 0 Å². The zero-order chi connectivity index (χ0) is 11.4. The van der Waals surface area contributed by atoms with Crippen LogP contribution >= 0.6 is 39.7 Å². The van der Waals surface area contributed by atoms with Crippen LogP contribution in [0.15, 0.2) is 28.6 Å². The number of nitrogens with zero attached hydrogens (tertiary/aromatic N) is 3. The van der Waals surface area contributed by atoms with Gasteiger partial charge in [-0.2, -0.15) is 5.10 Å². The molecule has 0 bridgehead atoms. The molecule has 0 spiro atoms. The summed E-state index contributed by atoms with van der Waals surface area (Å²) in [5.74, 6) is 0. The fraction of sp³-hybridized carbons (Fsp3) is 0.400. The smallest absolute Gasteiger partial charge is 0.137 e. The first-order chi connectivity index (χ1) is 7.74. The van der Waals surface area contributed by atoms with E-state index in [0.29, 0.717) is 6.04 Å². The van der Waals surface area contributed by atoms with Crippen LogP contribution in [0.1, 0.15) is 11.8 Å². The second-order valence-corrected chi connectivity index (χ2v) is 5.54. The molecular formula is C10H14BrClN4S. The molecule has 2 aromatic heterocycles. The van der Waals surface area contributed by atoms with E-state index in [0.717, 1.165) is 17.6 Å². The van der Waals surface area contributed by atoms with Gasteiger partial charge in [0.15, 0.2) is 0 Å². The molecule has 0 saturated heterocycles. The Bertz CT molecular complexity index is 431. The summed E-state index contributed by atoms with van der Waals surface area (Å²) in [7, 11) is 0. The first-order valence-electron chi connectivity index (χ1n) is 5.03. The summed E-state index contributed by atoms with van der Waals surface area (Å²) in [6.45, 7) is 3.88. The normalized spacial score (nSPS) is 12.1. The van der Waals surface area contributed by atoms with E-state index in [2.05, 4.69) is 49.7 Å². The molecule has 17 heavy (non-hydrogen) atoms. The van der Waals surface area contributed by atoms with Crippen molar-refractivity contribution in [2.24, 2.45) is 0 Å². The van der Waals surface area contributed by atoms with Gasteiger partial charge in [-0.05, 0) is 28.9 Å². The lowest BCUT2D eigenvalue weighted by Gasteiger charge is -2.12. The van der Waals surface area contributed by atoms with E-state index < -0.39 is 0 Å². The van der Waals surface area contributed by atoms with E-state index >= 15 is 0 Å². The van der Waals surface area contributed by atoms with Crippen molar-refractivity contribution in [3.05, 3.63) is 33.5 Å². The number of hydrogen-bond donors (Lipinski definition) is 1. The summed E-state index contributed by atoms with van der Waals surface area (Å²) in [5, 5.41) is 9.62. The van der Waals surface area contributed by atoms with Crippen molar-refractivity contribution in [1.29, 1.82) is 0 Å². The minimum absolute atomic E-state index is 0. The van der Waals surface area contributed by atoms with Gasteiger partial charge in [0.2, 0.25) is 0 Å². The summed E-state index contributed by atoms with van der Waals surface area (Å²) in [4.78, 5) is 5.25. The number of halogens is 2. The fourth-order valence-corrected chi connectivity index (χ4v) is 2.80. The lowest BCUT2D eigenvalue weighted by Crippen LogP contribution is -2.29. The molecule has 1 atom stereocenters. The van der Waals surface area contributed by atoms with Gasteiger partial charge in [-0.3, -0.25) is 4.68 Å². The number of hydrogen-bond acceptors (Lipinski definition) is 4. The van der Waals surface area contributed by atoms with Crippen LogP contribution in [0.25, 0.3) is 0 Å². The van der Waals surface area contributed by atoms with Gasteiger partial charge in [-0.1, -0.05) is 0 Å². The van der Waals surface area contributed by atoms with Crippen molar-refractivity contribution in [3.63, 3.8) is 0 Å². The van der Waals surface area contributed by atoms with Crippen molar-refractivity contribution in [3.8, 4) is 0 Å². The second-order valence-electron chi connectivity index (χ2n) is 3.63. The lowest BCUT2D eigenvalue weighted by molar-refractivity contribution is 0.451. The quantitative estimate of drug-likeness (QED) is 0.912. The van der Waals surface area contributed by atoms with E-state index in [9.17, 15) is 0 Å². The van der Waals surface area contributed by atoms with Crippen molar-refractivity contribution < 1.29 is 0 Å². The topological polar surface area (TPSA) is 42.7 Å². The zero-order valence-electron chi connectivity index (χ0n) is 9.34. The van der Waals surface area contributed by atoms with Crippen LogP contribution < -0.4 is 5.32 Å². The summed E-state index contributed by atoms with van der Waals surface area (Å²) in [5.41, 5.74) is 0. The third kappa shape index (κ3) is 4.75. The number of rotatable bonds is 5. The first-order valence-corrected chi connectivity index (χ1v) is 6.70. The van der Waals surface area contributed by atoms with Crippen molar-refractivity contribution >= 4 is 39.7 Å². The zero-order valence-corrected chi connectivity index (χ0v) is 12.6. The van der Waals surface area contributed by atoms with Crippen molar-refractivity contribution in [2.75, 3.05) is 0 Å². The predicted molar refractivity (Wildman–Crippen MR) is 75.6 cm³/mol. The highest BCUT2D eigenvalue weighted by Gasteiger charge is 2.04. The third-order valence-electron chi connectivity index (χ3n) is 2.17. The molecule has 0 aromatic carbocycles. The molecule has 2 rings (SSSR count). The standard InChI is InChI=1S/C10H13BrN4S.ClH/c1-8(4-15-7-12-6-14-15)13-3-10-2-9(11)5-16-10;/h2,5-8,13H,3-4H2,1H3;1H. The van der Waals surface area contributed by atoms with E-state index in [-0.39, 0.29) is 12.4 Å². The van der Waals surface area contributed by atoms with Crippen LogP contribution in [0, 0.1) is 0 Å². The molecule has 0 amide bonds. The molecule has 4 nitrogen and oxygen atoms in total. The SMILES string of the molecule is CC(Cn1cncn1)NCc1cc(Br)cs1.Cl. The molecule has 0 saturated carbocycles. The van der Waals surface area contributed by atoms with Gasteiger partial charge in [0, 0.05) is 27.3 Å². The van der Waals surface area contributed by atoms with Gasteiger partial charge in [0.25, 0.3) is 0 Å². The summed E-state index contributed by atoms with van der Waals surface area (Å²) in [6.07, 6.45) is 3.29. The Morgan fingerprint density at radius 1 is 1.59 bits per heavy atom. The molecule has 2 aromatic rings. The molecule has 0 aliphatic carbocycles. The molecule has 1 N–H and O–H groups in total. The minimum atomic E-state index is 0. The average molecular weight is 338 g/mol. The van der Waals surface area contributed by atoms with Crippen molar-refractivity contribution in [1.82, 2.24) is 20.1 Å². The Labute approximate surface area is 119 Å². The first kappa shape index (κ1) is 14.6. The van der Waals surface area contributed by atoms with Crippen LogP contribution in [-0.2, 0) is 13.1 Å². The molecular weight excluding hydrogens is 324 g/mol. The van der Waals surface area contributed by atoms with Gasteiger partial charge < -0.3 is 5.32 Å². The monoisotopic (exact) mass is 336 g/mol. The highest BCUT2D eigenvalue weighted by molar-refractivity contribution is 9.10. The van der Waals surface area contributed by atoms with Gasteiger partial charge >= 0.3 is 0 Å². The highest BCUT2D eigenvalue weighted by Crippen LogP contribution is 2.19. The highest BCUT2D eigenvalue weighted by atomic mass is 79.9. The van der Waals surface area contributed by atoms with Gasteiger partial charge in [-0.25, -0.2) is 4.98 Å². The van der Waals surface area contributed by atoms with Gasteiger partial charge in [-0.15, -0.1) is 23.7 Å². The van der Waals surface area contributed by atoms with Crippen LogP contribution in [0.5, 0.6) is 0 Å². The van der Waals surface area contributed by atoms with Crippen molar-refractivity contribution in [2.45, 2.75) is 26.1 Å². The molecule has 2 heterocycles. The summed E-state index contributed by atoms with van der Waals surface area (Å²) < 4.78 is 2.99. The minimum Gasteiger partial charge on any atom is -0.308 e. The second kappa shape index (κ2) is 7.10. The van der Waals surface area contributed by atoms with Crippen LogP contribution in [0.2, 0.25) is 0 Å². The van der Waals surface area contributed by atoms with Gasteiger partial charge in [0.05, 0.1) is 6.54 Å². The maximum Gasteiger partial charge on any atom is 0.137 e. The third-order valence-corrected chi connectivity index (χ3v) is 3.87. The number of aromatic nitrogens is 3. The maximum absolute atomic E-state index is 4.08. The largest absolute Gasteiger partial charge is 0.308 e. The molecule has 0 fully saturated rings. The average Bonchev–Trinajstić information content (AvgIpc) is 2.87. The summed E-state index contributed by atoms with van der Waals surface area (Å²) in [6, 6.07) is 2.52. The van der Waals surface area contributed by atoms with Gasteiger partial charge in [0.1, 0.15) is 12.7 Å².